The summed E-state index contributed by atoms with van der Waals surface area (Å²) in [5.74, 6) is -0.226. The Hall–Kier alpha value is -1.53. The Kier molecular flexibility index (Phi) is 4.90. The smallest absolute Gasteiger partial charge is 0.387 e. The Labute approximate surface area is 130 Å². The third-order valence-corrected chi connectivity index (χ3v) is 3.36. The van der Waals surface area contributed by atoms with Gasteiger partial charge in [-0.15, -0.1) is 0 Å². The van der Waals surface area contributed by atoms with E-state index in [0.29, 0.717) is 12.2 Å². The van der Waals surface area contributed by atoms with Crippen LogP contribution < -0.4 is 10.1 Å². The number of nitrogens with one attached hydrogen (secondary N) is 1. The van der Waals surface area contributed by atoms with Crippen LogP contribution in [0.4, 0.5) is 14.5 Å². The maximum Gasteiger partial charge on any atom is 0.387 e. The molecular weight excluding hydrogens is 323 g/mol. The SMILES string of the molecule is Cc1nn(C)cc1CNc1cc(Cl)c(OC(F)F)c(Cl)c1. The third-order valence-electron chi connectivity index (χ3n) is 2.80. The molecule has 0 radical (unpaired) electrons. The Morgan fingerprint density at radius 3 is 2.43 bits per heavy atom. The molecule has 8 heteroatoms. The van der Waals surface area contributed by atoms with Crippen molar-refractivity contribution >= 4 is 28.9 Å². The summed E-state index contributed by atoms with van der Waals surface area (Å²) in [4.78, 5) is 0. The number of benzene rings is 1. The Morgan fingerprint density at radius 2 is 1.95 bits per heavy atom. The summed E-state index contributed by atoms with van der Waals surface area (Å²) in [6, 6.07) is 2.97. The molecule has 0 atom stereocenters. The van der Waals surface area contributed by atoms with Gasteiger partial charge in [0.1, 0.15) is 0 Å². The molecule has 0 aliphatic heterocycles. The number of aromatic nitrogens is 2. The first kappa shape index (κ1) is 15.9. The first-order chi connectivity index (χ1) is 9.86. The summed E-state index contributed by atoms with van der Waals surface area (Å²) in [7, 11) is 1.83. The fourth-order valence-electron chi connectivity index (χ4n) is 1.88. The molecular formula is C13H13Cl2F2N3O. The van der Waals surface area contributed by atoms with Gasteiger partial charge in [0.05, 0.1) is 15.7 Å². The van der Waals surface area contributed by atoms with Gasteiger partial charge in [0.2, 0.25) is 0 Å². The van der Waals surface area contributed by atoms with Crippen molar-refractivity contribution in [2.75, 3.05) is 5.32 Å². The predicted octanol–water partition coefficient (Wildman–Crippen LogP) is 4.25. The molecule has 0 aliphatic carbocycles. The van der Waals surface area contributed by atoms with Crippen LogP contribution in [0.3, 0.4) is 0 Å². The van der Waals surface area contributed by atoms with Gasteiger partial charge in [0.25, 0.3) is 0 Å². The number of aryl methyl sites for hydroxylation is 2. The van der Waals surface area contributed by atoms with Gasteiger partial charge in [-0.2, -0.15) is 13.9 Å². The van der Waals surface area contributed by atoms with Crippen molar-refractivity contribution < 1.29 is 13.5 Å². The molecule has 0 saturated carbocycles. The Morgan fingerprint density at radius 1 is 1.33 bits per heavy atom. The van der Waals surface area contributed by atoms with Crippen molar-refractivity contribution in [3.8, 4) is 5.75 Å². The molecule has 2 rings (SSSR count). The molecule has 114 valence electrons. The van der Waals surface area contributed by atoms with Crippen LogP contribution in [0.25, 0.3) is 0 Å². The van der Waals surface area contributed by atoms with Gasteiger partial charge in [-0.3, -0.25) is 4.68 Å². The van der Waals surface area contributed by atoms with E-state index in [9.17, 15) is 8.78 Å². The number of anilines is 1. The van der Waals surface area contributed by atoms with Crippen molar-refractivity contribution in [1.82, 2.24) is 9.78 Å². The zero-order valence-electron chi connectivity index (χ0n) is 11.3. The fraction of sp³-hybridized carbons (Fsp3) is 0.308. The highest BCUT2D eigenvalue weighted by Gasteiger charge is 2.14. The van der Waals surface area contributed by atoms with Crippen molar-refractivity contribution in [3.05, 3.63) is 39.6 Å². The summed E-state index contributed by atoms with van der Waals surface area (Å²) in [5.41, 5.74) is 2.52. The topological polar surface area (TPSA) is 39.1 Å². The van der Waals surface area contributed by atoms with E-state index in [4.69, 9.17) is 23.2 Å². The summed E-state index contributed by atoms with van der Waals surface area (Å²) >= 11 is 11.8. The van der Waals surface area contributed by atoms with Gasteiger partial charge >= 0.3 is 6.61 Å². The van der Waals surface area contributed by atoms with Gasteiger partial charge in [-0.25, -0.2) is 0 Å². The number of ether oxygens (including phenoxy) is 1. The van der Waals surface area contributed by atoms with E-state index in [1.165, 1.54) is 12.1 Å². The lowest BCUT2D eigenvalue weighted by atomic mass is 10.2. The zero-order chi connectivity index (χ0) is 15.6. The number of nitrogens with zero attached hydrogens (tertiary/aromatic N) is 2. The molecule has 1 heterocycles. The fourth-order valence-corrected chi connectivity index (χ4v) is 2.46. The molecule has 0 saturated heterocycles. The molecule has 1 aromatic heterocycles. The molecule has 21 heavy (non-hydrogen) atoms. The lowest BCUT2D eigenvalue weighted by molar-refractivity contribution is -0.0497. The highest BCUT2D eigenvalue weighted by molar-refractivity contribution is 6.37. The van der Waals surface area contributed by atoms with E-state index in [1.807, 2.05) is 20.2 Å². The average Bonchev–Trinajstić information content (AvgIpc) is 2.69. The standard InChI is InChI=1S/C13H13Cl2F2N3O/c1-7-8(6-20(2)19-7)5-18-9-3-10(14)12(11(15)4-9)21-13(16)17/h3-4,6,13,18H,5H2,1-2H3. The molecule has 0 amide bonds. The normalized spacial score (nSPS) is 11.0. The Bertz CT molecular complexity index is 623. The maximum absolute atomic E-state index is 12.2. The van der Waals surface area contributed by atoms with Crippen LogP contribution in [0.2, 0.25) is 10.0 Å². The molecule has 0 fully saturated rings. The van der Waals surface area contributed by atoms with Crippen LogP contribution >= 0.6 is 23.2 Å². The number of alkyl halides is 2. The summed E-state index contributed by atoms with van der Waals surface area (Å²) in [6.07, 6.45) is 1.89. The van der Waals surface area contributed by atoms with E-state index in [2.05, 4.69) is 15.2 Å². The van der Waals surface area contributed by atoms with E-state index in [1.54, 1.807) is 4.68 Å². The first-order valence-electron chi connectivity index (χ1n) is 6.03. The Balaban J connectivity index is 2.13. The van der Waals surface area contributed by atoms with Crippen LogP contribution in [-0.4, -0.2) is 16.4 Å². The molecule has 2 aromatic rings. The predicted molar refractivity (Wildman–Crippen MR) is 78.4 cm³/mol. The van der Waals surface area contributed by atoms with E-state index in [0.717, 1.165) is 11.3 Å². The largest absolute Gasteiger partial charge is 0.432 e. The van der Waals surface area contributed by atoms with Gasteiger partial charge in [-0.05, 0) is 19.1 Å². The second-order valence-electron chi connectivity index (χ2n) is 4.41. The average molecular weight is 336 g/mol. The van der Waals surface area contributed by atoms with Gasteiger partial charge in [0, 0.05) is 31.0 Å². The quantitative estimate of drug-likeness (QED) is 0.887. The monoisotopic (exact) mass is 335 g/mol. The number of hydrogen-bond acceptors (Lipinski definition) is 3. The second-order valence-corrected chi connectivity index (χ2v) is 5.23. The van der Waals surface area contributed by atoms with Crippen LogP contribution in [-0.2, 0) is 13.6 Å². The second kappa shape index (κ2) is 6.49. The summed E-state index contributed by atoms with van der Waals surface area (Å²) < 4.78 is 30.5. The van der Waals surface area contributed by atoms with E-state index >= 15 is 0 Å². The summed E-state index contributed by atoms with van der Waals surface area (Å²) in [5, 5.41) is 7.38. The van der Waals surface area contributed by atoms with Crippen molar-refractivity contribution in [2.24, 2.45) is 7.05 Å². The number of hydrogen-bond donors (Lipinski definition) is 1. The van der Waals surface area contributed by atoms with Crippen LogP contribution in [0.15, 0.2) is 18.3 Å². The van der Waals surface area contributed by atoms with Gasteiger partial charge < -0.3 is 10.1 Å². The molecule has 0 aliphatic rings. The maximum atomic E-state index is 12.2. The summed E-state index contributed by atoms with van der Waals surface area (Å²) in [6.45, 7) is -0.561. The lowest BCUT2D eigenvalue weighted by Crippen LogP contribution is -2.04. The van der Waals surface area contributed by atoms with E-state index < -0.39 is 6.61 Å². The number of rotatable bonds is 5. The highest BCUT2D eigenvalue weighted by atomic mass is 35.5. The van der Waals surface area contributed by atoms with E-state index in [-0.39, 0.29) is 15.8 Å². The third kappa shape index (κ3) is 3.98. The minimum atomic E-state index is -2.98. The highest BCUT2D eigenvalue weighted by Crippen LogP contribution is 2.37. The lowest BCUT2D eigenvalue weighted by Gasteiger charge is -2.12. The minimum Gasteiger partial charge on any atom is -0.432 e. The molecule has 0 spiro atoms. The molecule has 0 unspecified atom stereocenters. The molecule has 0 bridgehead atoms. The molecule has 1 aromatic carbocycles. The van der Waals surface area contributed by atoms with Crippen LogP contribution in [0.1, 0.15) is 11.3 Å². The number of halogens is 4. The van der Waals surface area contributed by atoms with Crippen molar-refractivity contribution in [1.29, 1.82) is 0 Å². The zero-order valence-corrected chi connectivity index (χ0v) is 12.8. The van der Waals surface area contributed by atoms with Gasteiger partial charge in [0.15, 0.2) is 5.75 Å². The van der Waals surface area contributed by atoms with Crippen molar-refractivity contribution in [2.45, 2.75) is 20.1 Å². The molecule has 1 N–H and O–H groups in total. The minimum absolute atomic E-state index is 0.0215. The van der Waals surface area contributed by atoms with Crippen molar-refractivity contribution in [3.63, 3.8) is 0 Å². The van der Waals surface area contributed by atoms with Crippen LogP contribution in [0.5, 0.6) is 5.75 Å². The first-order valence-corrected chi connectivity index (χ1v) is 6.79. The molecule has 4 nitrogen and oxygen atoms in total. The van der Waals surface area contributed by atoms with Gasteiger partial charge in [-0.1, -0.05) is 23.2 Å². The van der Waals surface area contributed by atoms with Crippen LogP contribution in [0, 0.1) is 6.92 Å².